The van der Waals surface area contributed by atoms with Crippen molar-refractivity contribution in [1.29, 1.82) is 5.26 Å². The Morgan fingerprint density at radius 2 is 2.07 bits per heavy atom. The van der Waals surface area contributed by atoms with E-state index in [1.165, 1.54) is 0 Å². The Hall–Kier alpha value is -3.34. The number of carbonyl (C=O) groups is 2. The first kappa shape index (κ1) is 21.4. The second-order valence-corrected chi connectivity index (χ2v) is 7.72. The van der Waals surface area contributed by atoms with E-state index in [2.05, 4.69) is 4.98 Å². The first-order valence-corrected chi connectivity index (χ1v) is 10.0. The number of fused-ring (bicyclic) bond motifs is 1. The fraction of sp³-hybridized carbons (Fsp3) is 0.455. The summed E-state index contributed by atoms with van der Waals surface area (Å²) in [6.07, 6.45) is 2.86. The maximum absolute atomic E-state index is 12.4. The molecule has 1 aromatic heterocycles. The molecule has 2 atom stereocenters. The van der Waals surface area contributed by atoms with E-state index in [0.29, 0.717) is 35.5 Å². The molecule has 1 aliphatic rings. The molecule has 1 fully saturated rings. The molecule has 1 saturated heterocycles. The van der Waals surface area contributed by atoms with Crippen LogP contribution >= 0.6 is 0 Å². The fourth-order valence-electron chi connectivity index (χ4n) is 3.54. The number of nitrogens with zero attached hydrogens (tertiary/aromatic N) is 3. The Labute approximate surface area is 175 Å². The monoisotopic (exact) mass is 410 g/mol. The van der Waals surface area contributed by atoms with Gasteiger partial charge in [0.15, 0.2) is 0 Å². The average molecular weight is 410 g/mol. The van der Waals surface area contributed by atoms with Gasteiger partial charge in [-0.2, -0.15) is 5.26 Å². The Morgan fingerprint density at radius 3 is 2.73 bits per heavy atom. The van der Waals surface area contributed by atoms with Gasteiger partial charge in [-0.1, -0.05) is 0 Å². The predicted molar refractivity (Wildman–Crippen MR) is 111 cm³/mol. The van der Waals surface area contributed by atoms with Gasteiger partial charge in [0.1, 0.15) is 23.5 Å². The van der Waals surface area contributed by atoms with Gasteiger partial charge in [0.25, 0.3) is 5.91 Å². The van der Waals surface area contributed by atoms with Gasteiger partial charge in [-0.15, -0.1) is 0 Å². The fourth-order valence-corrected chi connectivity index (χ4v) is 3.54. The van der Waals surface area contributed by atoms with Crippen molar-refractivity contribution in [3.05, 3.63) is 30.0 Å². The number of benzene rings is 1. The average Bonchev–Trinajstić information content (AvgIpc) is 2.72. The van der Waals surface area contributed by atoms with Crippen LogP contribution in [0.4, 0.5) is 0 Å². The number of rotatable bonds is 6. The van der Waals surface area contributed by atoms with E-state index in [9.17, 15) is 9.59 Å². The summed E-state index contributed by atoms with van der Waals surface area (Å²) in [7, 11) is 0. The van der Waals surface area contributed by atoms with Crippen LogP contribution in [-0.2, 0) is 4.79 Å². The smallest absolute Gasteiger partial charge is 0.252 e. The van der Waals surface area contributed by atoms with Crippen molar-refractivity contribution in [3.8, 4) is 17.6 Å². The number of nitrogens with two attached hydrogens (primary N) is 1. The minimum atomic E-state index is -0.673. The largest absolute Gasteiger partial charge is 0.490 e. The lowest BCUT2D eigenvalue weighted by molar-refractivity contribution is -0.135. The number of amides is 2. The number of aromatic nitrogens is 1. The molecular weight excluding hydrogens is 384 g/mol. The third-order valence-electron chi connectivity index (χ3n) is 4.98. The summed E-state index contributed by atoms with van der Waals surface area (Å²) < 4.78 is 12.0. The van der Waals surface area contributed by atoms with Crippen LogP contribution in [0.25, 0.3) is 10.9 Å². The van der Waals surface area contributed by atoms with Gasteiger partial charge in [0.05, 0.1) is 29.8 Å². The van der Waals surface area contributed by atoms with Crippen LogP contribution in [0.2, 0.25) is 0 Å². The highest BCUT2D eigenvalue weighted by Gasteiger charge is 2.28. The molecule has 8 nitrogen and oxygen atoms in total. The number of piperidine rings is 1. The highest BCUT2D eigenvalue weighted by atomic mass is 16.5. The van der Waals surface area contributed by atoms with Crippen molar-refractivity contribution in [1.82, 2.24) is 9.88 Å². The van der Waals surface area contributed by atoms with Gasteiger partial charge in [0, 0.05) is 18.1 Å². The number of primary amides is 1. The van der Waals surface area contributed by atoms with E-state index in [0.717, 1.165) is 12.8 Å². The standard InChI is InChI=1S/C22H26N4O4/c1-13(2)29-20-10-16-18(9-17(20)21(24)27)25-7-6-19(16)30-15-5-4-8-26(12-15)22(28)14(3)11-23/h6-7,9-10,13-15H,4-5,8,12H2,1-3H3,(H2,24,27)/t14?,15-/m1/s1. The van der Waals surface area contributed by atoms with Gasteiger partial charge in [-0.25, -0.2) is 0 Å². The zero-order valence-electron chi connectivity index (χ0n) is 17.4. The molecule has 0 aliphatic carbocycles. The summed E-state index contributed by atoms with van der Waals surface area (Å²) >= 11 is 0. The molecule has 0 spiro atoms. The number of carbonyl (C=O) groups excluding carboxylic acids is 2. The van der Waals surface area contributed by atoms with Crippen LogP contribution in [0.15, 0.2) is 24.4 Å². The minimum absolute atomic E-state index is 0.137. The Morgan fingerprint density at radius 1 is 1.30 bits per heavy atom. The molecule has 2 heterocycles. The minimum Gasteiger partial charge on any atom is -0.490 e. The molecule has 3 rings (SSSR count). The lowest BCUT2D eigenvalue weighted by Crippen LogP contribution is -2.46. The third kappa shape index (κ3) is 4.62. The SMILES string of the molecule is CC(C)Oc1cc2c(O[C@@H]3CCCN(C(=O)C(C)C#N)C3)ccnc2cc1C(N)=O. The molecule has 0 radical (unpaired) electrons. The molecular formula is C22H26N4O4. The van der Waals surface area contributed by atoms with Crippen LogP contribution < -0.4 is 15.2 Å². The molecule has 30 heavy (non-hydrogen) atoms. The molecule has 158 valence electrons. The lowest BCUT2D eigenvalue weighted by atomic mass is 10.0. The highest BCUT2D eigenvalue weighted by Crippen LogP contribution is 2.33. The van der Waals surface area contributed by atoms with Crippen molar-refractivity contribution in [2.24, 2.45) is 11.7 Å². The van der Waals surface area contributed by atoms with Gasteiger partial charge >= 0.3 is 0 Å². The Kier molecular flexibility index (Phi) is 6.40. The van der Waals surface area contributed by atoms with Crippen LogP contribution in [-0.4, -0.2) is 47.0 Å². The molecule has 0 bridgehead atoms. The summed E-state index contributed by atoms with van der Waals surface area (Å²) in [5.74, 6) is -0.463. The zero-order chi connectivity index (χ0) is 21.8. The molecule has 1 aromatic carbocycles. The first-order valence-electron chi connectivity index (χ1n) is 10.0. The summed E-state index contributed by atoms with van der Waals surface area (Å²) in [6.45, 7) is 6.38. The van der Waals surface area contributed by atoms with Crippen LogP contribution in [0.3, 0.4) is 0 Å². The zero-order valence-corrected chi connectivity index (χ0v) is 17.4. The molecule has 1 aliphatic heterocycles. The molecule has 8 heteroatoms. The van der Waals surface area contributed by atoms with Crippen LogP contribution in [0, 0.1) is 17.2 Å². The number of likely N-dealkylation sites (tertiary alicyclic amines) is 1. The van der Waals surface area contributed by atoms with Gasteiger partial charge in [-0.3, -0.25) is 14.6 Å². The van der Waals surface area contributed by atoms with Gasteiger partial charge in [0.2, 0.25) is 5.91 Å². The summed E-state index contributed by atoms with van der Waals surface area (Å²) in [4.78, 5) is 30.2. The number of pyridine rings is 1. The second kappa shape index (κ2) is 8.99. The van der Waals surface area contributed by atoms with Gasteiger partial charge in [-0.05, 0) is 51.8 Å². The van der Waals surface area contributed by atoms with Crippen molar-refractivity contribution < 1.29 is 19.1 Å². The van der Waals surface area contributed by atoms with Crippen molar-refractivity contribution in [2.45, 2.75) is 45.8 Å². The normalized spacial score (nSPS) is 17.4. The van der Waals surface area contributed by atoms with E-state index in [-0.39, 0.29) is 23.7 Å². The quantitative estimate of drug-likeness (QED) is 0.782. The van der Waals surface area contributed by atoms with Crippen LogP contribution in [0.5, 0.6) is 11.5 Å². The Bertz CT molecular complexity index is 999. The lowest BCUT2D eigenvalue weighted by Gasteiger charge is -2.33. The molecule has 0 saturated carbocycles. The molecule has 1 unspecified atom stereocenters. The van der Waals surface area contributed by atoms with E-state index < -0.39 is 11.8 Å². The highest BCUT2D eigenvalue weighted by molar-refractivity contribution is 6.01. The summed E-state index contributed by atoms with van der Waals surface area (Å²) in [6, 6.07) is 7.08. The van der Waals surface area contributed by atoms with Crippen LogP contribution in [0.1, 0.15) is 44.0 Å². The van der Waals surface area contributed by atoms with E-state index in [1.54, 1.807) is 36.2 Å². The number of ether oxygens (including phenoxy) is 2. The van der Waals surface area contributed by atoms with E-state index in [4.69, 9.17) is 20.5 Å². The predicted octanol–water partition coefficient (Wildman–Crippen LogP) is 2.65. The molecule has 2 N–H and O–H groups in total. The van der Waals surface area contributed by atoms with Crippen molar-refractivity contribution in [3.63, 3.8) is 0 Å². The van der Waals surface area contributed by atoms with Crippen molar-refractivity contribution in [2.75, 3.05) is 13.1 Å². The summed E-state index contributed by atoms with van der Waals surface area (Å²) in [5, 5.41) is 9.73. The molecule has 2 amide bonds. The number of hydrogen-bond donors (Lipinski definition) is 1. The number of nitriles is 1. The topological polar surface area (TPSA) is 119 Å². The second-order valence-electron chi connectivity index (χ2n) is 7.72. The maximum Gasteiger partial charge on any atom is 0.252 e. The van der Waals surface area contributed by atoms with E-state index >= 15 is 0 Å². The number of hydrogen-bond acceptors (Lipinski definition) is 6. The van der Waals surface area contributed by atoms with Crippen molar-refractivity contribution >= 4 is 22.7 Å². The summed E-state index contributed by atoms with van der Waals surface area (Å²) in [5.41, 5.74) is 6.34. The Balaban J connectivity index is 1.89. The third-order valence-corrected chi connectivity index (χ3v) is 4.98. The first-order chi connectivity index (χ1) is 14.3. The maximum atomic E-state index is 12.4. The molecule has 2 aromatic rings. The van der Waals surface area contributed by atoms with Gasteiger partial charge < -0.3 is 20.1 Å². The van der Waals surface area contributed by atoms with E-state index in [1.807, 2.05) is 19.9 Å².